The van der Waals surface area contributed by atoms with Gasteiger partial charge in [0.1, 0.15) is 18.1 Å². The van der Waals surface area contributed by atoms with Crippen LogP contribution in [-0.4, -0.2) is 64.7 Å². The fraction of sp³-hybridized carbons (Fsp3) is 0.565. The average molecular weight is 465 g/mol. The van der Waals surface area contributed by atoms with Gasteiger partial charge >= 0.3 is 5.97 Å². The van der Waals surface area contributed by atoms with Gasteiger partial charge in [0, 0.05) is 0 Å². The molecule has 33 heavy (non-hydrogen) atoms. The molecule has 1 rings (SSSR count). The Balaban J connectivity index is 2.88. The molecule has 0 aliphatic heterocycles. The smallest absolute Gasteiger partial charge is 0.328 e. The normalized spacial score (nSPS) is 14.8. The first kappa shape index (κ1) is 28.1. The van der Waals surface area contributed by atoms with Crippen LogP contribution in [0.2, 0.25) is 0 Å². The molecule has 0 bridgehead atoms. The summed E-state index contributed by atoms with van der Waals surface area (Å²) in [6, 6.07) is 4.91. The largest absolute Gasteiger partial charge is 0.480 e. The number of aliphatic hydroxyl groups excluding tert-OH is 1. The molecule has 3 amide bonds. The third-order valence-corrected chi connectivity index (χ3v) is 5.02. The van der Waals surface area contributed by atoms with E-state index >= 15 is 0 Å². The van der Waals surface area contributed by atoms with E-state index in [1.165, 1.54) is 0 Å². The van der Waals surface area contributed by atoms with Gasteiger partial charge in [0.15, 0.2) is 0 Å². The summed E-state index contributed by atoms with van der Waals surface area (Å²) in [5.41, 5.74) is 6.91. The lowest BCUT2D eigenvalue weighted by molar-refractivity contribution is -0.143. The van der Waals surface area contributed by atoms with Crippen LogP contribution in [0.4, 0.5) is 0 Å². The van der Waals surface area contributed by atoms with E-state index in [1.54, 1.807) is 13.8 Å². The molecule has 0 saturated heterocycles. The number of carbonyl (C=O) groups excluding carboxylic acids is 3. The van der Waals surface area contributed by atoms with Gasteiger partial charge in [0.05, 0.1) is 12.6 Å². The average Bonchev–Trinajstić information content (AvgIpc) is 2.74. The van der Waals surface area contributed by atoms with Crippen molar-refractivity contribution in [3.63, 3.8) is 0 Å². The summed E-state index contributed by atoms with van der Waals surface area (Å²) in [5.74, 6) is -3.49. The van der Waals surface area contributed by atoms with E-state index < -0.39 is 54.5 Å². The van der Waals surface area contributed by atoms with Crippen LogP contribution in [0.1, 0.15) is 39.7 Å². The first-order chi connectivity index (χ1) is 15.5. The Morgan fingerprint density at radius 2 is 1.45 bits per heavy atom. The van der Waals surface area contributed by atoms with Crippen LogP contribution in [0.5, 0.6) is 0 Å². The van der Waals surface area contributed by atoms with Crippen molar-refractivity contribution in [3.05, 3.63) is 35.9 Å². The molecule has 0 spiro atoms. The Morgan fingerprint density at radius 3 is 1.94 bits per heavy atom. The van der Waals surface area contributed by atoms with Gasteiger partial charge in [0.25, 0.3) is 0 Å². The number of aliphatic hydroxyl groups is 1. The molecule has 0 heterocycles. The summed E-state index contributed by atoms with van der Waals surface area (Å²) in [5, 5.41) is 25.7. The maximum Gasteiger partial charge on any atom is 0.328 e. The Bertz CT molecular complexity index is 799. The van der Waals surface area contributed by atoms with Crippen LogP contribution >= 0.6 is 0 Å². The van der Waals surface area contributed by atoms with Gasteiger partial charge in [-0.05, 0) is 30.2 Å². The maximum absolute atomic E-state index is 13.0. The molecule has 1 aromatic carbocycles. The Hall–Kier alpha value is -2.98. The standard InChI is InChI=1S/C23H36N4O6/c1-13(2)10-17(21(30)26-18(12-28)23(32)33)25-22(31)19(14(3)4)27-20(29)16(24)11-15-8-6-5-7-9-15/h5-9,13-14,16-19,28H,10-12,24H2,1-4H3,(H,25,31)(H,26,30)(H,27,29)(H,32,33). The number of hydrogen-bond acceptors (Lipinski definition) is 6. The van der Waals surface area contributed by atoms with E-state index in [4.69, 9.17) is 15.9 Å². The molecule has 10 nitrogen and oxygen atoms in total. The zero-order valence-electron chi connectivity index (χ0n) is 19.6. The minimum atomic E-state index is -1.49. The van der Waals surface area contributed by atoms with Crippen molar-refractivity contribution in [1.82, 2.24) is 16.0 Å². The molecule has 1 aromatic rings. The highest BCUT2D eigenvalue weighted by Crippen LogP contribution is 2.09. The molecule has 4 unspecified atom stereocenters. The van der Waals surface area contributed by atoms with E-state index in [-0.39, 0.29) is 18.3 Å². The number of hydrogen-bond donors (Lipinski definition) is 6. The lowest BCUT2D eigenvalue weighted by Crippen LogP contribution is -2.59. The molecule has 0 aromatic heterocycles. The van der Waals surface area contributed by atoms with Crippen molar-refractivity contribution >= 4 is 23.7 Å². The predicted molar refractivity (Wildman–Crippen MR) is 123 cm³/mol. The van der Waals surface area contributed by atoms with Crippen molar-refractivity contribution in [2.45, 2.75) is 64.7 Å². The van der Waals surface area contributed by atoms with E-state index in [1.807, 2.05) is 44.2 Å². The number of aliphatic carboxylic acids is 1. The van der Waals surface area contributed by atoms with E-state index in [2.05, 4.69) is 16.0 Å². The molecule has 7 N–H and O–H groups in total. The van der Waals surface area contributed by atoms with E-state index in [0.717, 1.165) is 5.56 Å². The SMILES string of the molecule is CC(C)CC(NC(=O)C(NC(=O)C(N)Cc1ccccc1)C(C)C)C(=O)NC(CO)C(=O)O. The van der Waals surface area contributed by atoms with Crippen molar-refractivity contribution in [3.8, 4) is 0 Å². The van der Waals surface area contributed by atoms with Gasteiger partial charge in [-0.1, -0.05) is 58.0 Å². The van der Waals surface area contributed by atoms with Gasteiger partial charge < -0.3 is 31.9 Å². The molecular formula is C23H36N4O6. The van der Waals surface area contributed by atoms with E-state index in [0.29, 0.717) is 6.42 Å². The Kier molecular flexibility index (Phi) is 11.5. The van der Waals surface area contributed by atoms with Crippen molar-refractivity contribution in [1.29, 1.82) is 0 Å². The zero-order chi connectivity index (χ0) is 25.1. The minimum absolute atomic E-state index is 0.00448. The number of benzene rings is 1. The highest BCUT2D eigenvalue weighted by atomic mass is 16.4. The van der Waals surface area contributed by atoms with Crippen LogP contribution in [0, 0.1) is 11.8 Å². The van der Waals surface area contributed by atoms with Gasteiger partial charge in [-0.3, -0.25) is 14.4 Å². The van der Waals surface area contributed by atoms with Crippen LogP contribution in [0.25, 0.3) is 0 Å². The quantitative estimate of drug-likeness (QED) is 0.234. The molecule has 4 atom stereocenters. The van der Waals surface area contributed by atoms with Crippen LogP contribution < -0.4 is 21.7 Å². The lowest BCUT2D eigenvalue weighted by Gasteiger charge is -2.27. The molecule has 0 aliphatic rings. The topological polar surface area (TPSA) is 171 Å². The van der Waals surface area contributed by atoms with Crippen molar-refractivity contribution in [2.24, 2.45) is 17.6 Å². The lowest BCUT2D eigenvalue weighted by atomic mass is 9.99. The second kappa shape index (κ2) is 13.5. The third kappa shape index (κ3) is 9.58. The number of carbonyl (C=O) groups is 4. The minimum Gasteiger partial charge on any atom is -0.480 e. The number of amides is 3. The van der Waals surface area contributed by atoms with Crippen LogP contribution in [0.3, 0.4) is 0 Å². The van der Waals surface area contributed by atoms with Gasteiger partial charge in [-0.25, -0.2) is 4.79 Å². The molecule has 0 radical (unpaired) electrons. The third-order valence-electron chi connectivity index (χ3n) is 5.02. The number of nitrogens with one attached hydrogen (secondary N) is 3. The summed E-state index contributed by atoms with van der Waals surface area (Å²) >= 11 is 0. The van der Waals surface area contributed by atoms with Crippen molar-refractivity contribution < 1.29 is 29.4 Å². The van der Waals surface area contributed by atoms with Gasteiger partial charge in [0.2, 0.25) is 17.7 Å². The van der Waals surface area contributed by atoms with Crippen molar-refractivity contribution in [2.75, 3.05) is 6.61 Å². The molecule has 184 valence electrons. The summed E-state index contributed by atoms with van der Waals surface area (Å²) < 4.78 is 0. The second-order valence-corrected chi connectivity index (χ2v) is 8.80. The summed E-state index contributed by atoms with van der Waals surface area (Å²) in [6.45, 7) is 6.40. The van der Waals surface area contributed by atoms with Crippen LogP contribution in [0.15, 0.2) is 30.3 Å². The molecular weight excluding hydrogens is 428 g/mol. The monoisotopic (exact) mass is 464 g/mol. The Morgan fingerprint density at radius 1 is 0.879 bits per heavy atom. The first-order valence-electron chi connectivity index (χ1n) is 11.0. The number of carboxylic acid groups (broad SMARTS) is 1. The fourth-order valence-electron chi connectivity index (χ4n) is 3.18. The second-order valence-electron chi connectivity index (χ2n) is 8.80. The summed E-state index contributed by atoms with van der Waals surface area (Å²) in [6.07, 6.45) is 0.539. The zero-order valence-corrected chi connectivity index (χ0v) is 19.6. The highest BCUT2D eigenvalue weighted by molar-refractivity contribution is 5.94. The predicted octanol–water partition coefficient (Wildman–Crippen LogP) is -0.210. The van der Waals surface area contributed by atoms with Gasteiger partial charge in [-0.2, -0.15) is 0 Å². The maximum atomic E-state index is 13.0. The molecule has 10 heteroatoms. The summed E-state index contributed by atoms with van der Waals surface area (Å²) in [4.78, 5) is 49.3. The van der Waals surface area contributed by atoms with Gasteiger partial charge in [-0.15, -0.1) is 0 Å². The fourth-order valence-corrected chi connectivity index (χ4v) is 3.18. The molecule has 0 saturated carbocycles. The number of nitrogens with two attached hydrogens (primary N) is 1. The Labute approximate surface area is 194 Å². The molecule has 0 aliphatic carbocycles. The highest BCUT2D eigenvalue weighted by Gasteiger charge is 2.31. The number of rotatable bonds is 13. The molecule has 0 fully saturated rings. The number of carboxylic acids is 1. The summed E-state index contributed by atoms with van der Waals surface area (Å²) in [7, 11) is 0. The first-order valence-corrected chi connectivity index (χ1v) is 11.0. The van der Waals surface area contributed by atoms with E-state index in [9.17, 15) is 19.2 Å². The van der Waals surface area contributed by atoms with Crippen LogP contribution in [-0.2, 0) is 25.6 Å².